The third-order valence-corrected chi connectivity index (χ3v) is 6.71. The summed E-state index contributed by atoms with van der Waals surface area (Å²) in [5, 5.41) is 1.78. The van der Waals surface area contributed by atoms with E-state index in [1.165, 1.54) is 0 Å². The van der Waals surface area contributed by atoms with E-state index in [2.05, 4.69) is 9.95 Å². The molecule has 0 aromatic rings. The molecule has 10 heavy (non-hydrogen) atoms. The van der Waals surface area contributed by atoms with Crippen LogP contribution in [-0.2, 0) is 0 Å². The maximum atomic E-state index is 5.63. The Kier molecular flexibility index (Phi) is 7.53. The fourth-order valence-electron chi connectivity index (χ4n) is 0.188. The van der Waals surface area contributed by atoms with Crippen LogP contribution in [0.2, 0.25) is 0 Å². The van der Waals surface area contributed by atoms with E-state index in [0.29, 0.717) is 26.3 Å². The summed E-state index contributed by atoms with van der Waals surface area (Å²) in [6, 6.07) is 0. The Morgan fingerprint density at radius 3 is 1.50 bits per heavy atom. The predicted octanol–water partition coefficient (Wildman–Crippen LogP) is 2.51. The van der Waals surface area contributed by atoms with Crippen molar-refractivity contribution in [3.05, 3.63) is 20.0 Å². The molecule has 0 radical (unpaired) electrons. The first-order chi connectivity index (χ1) is 4.63. The van der Waals surface area contributed by atoms with Gasteiger partial charge >= 0.3 is 83.3 Å². The van der Waals surface area contributed by atoms with Gasteiger partial charge in [-0.2, -0.15) is 0 Å². The van der Waals surface area contributed by atoms with Gasteiger partial charge in [0.1, 0.15) is 0 Å². The van der Waals surface area contributed by atoms with Gasteiger partial charge in [0.2, 0.25) is 0 Å². The summed E-state index contributed by atoms with van der Waals surface area (Å²) in [5.41, 5.74) is 0. The summed E-state index contributed by atoms with van der Waals surface area (Å²) < 4.78 is 0. The van der Waals surface area contributed by atoms with Gasteiger partial charge in [-0.1, -0.05) is 0 Å². The predicted molar refractivity (Wildman–Crippen MR) is 50.7 cm³/mol. The molecule has 0 aliphatic heterocycles. The maximum absolute atomic E-state index is 5.63. The molecule has 0 bridgehead atoms. The van der Waals surface area contributed by atoms with Crippen LogP contribution in [0.4, 0.5) is 0 Å². The molecular weight excluding hydrogens is 301 g/mol. The number of hydrogen-bond donors (Lipinski definition) is 0. The zero-order chi connectivity index (χ0) is 7.98. The topological polar surface area (TPSA) is 0 Å². The van der Waals surface area contributed by atoms with E-state index in [9.17, 15) is 0 Å². The summed E-state index contributed by atoms with van der Waals surface area (Å²) in [6.45, 7) is 3.80. The van der Waals surface area contributed by atoms with Crippen LogP contribution < -0.4 is 0 Å². The van der Waals surface area contributed by atoms with Crippen LogP contribution in [-0.4, -0.2) is 26.3 Å². The molecule has 0 nitrogen and oxygen atoms in total. The second-order valence-electron chi connectivity index (χ2n) is 1.60. The molecule has 0 aliphatic carbocycles. The fraction of sp³-hybridized carbons (Fsp3) is 0.333. The summed E-state index contributed by atoms with van der Waals surface area (Å²) in [6.07, 6.45) is 0. The molecule has 4 heteroatoms. The van der Waals surface area contributed by atoms with Gasteiger partial charge in [0.25, 0.3) is 0 Å². The molecule has 0 atom stereocenters. The van der Waals surface area contributed by atoms with Crippen LogP contribution in [0, 0.1) is 0 Å². The molecule has 0 aromatic heterocycles. The zero-order valence-electron chi connectivity index (χ0n) is 5.73. The van der Waals surface area contributed by atoms with Crippen LogP contribution in [0.5, 0.6) is 0 Å². The molecule has 0 aromatic carbocycles. The molecule has 0 amide bonds. The summed E-state index contributed by atoms with van der Waals surface area (Å²) in [7, 11) is 0. The number of hydrogen-bond acceptors (Lipinski definition) is 0. The molecule has 0 heterocycles. The van der Waals surface area contributed by atoms with Crippen LogP contribution in [0.3, 0.4) is 0 Å². The first-order valence-electron chi connectivity index (χ1n) is 2.59. The van der Waals surface area contributed by atoms with Crippen molar-refractivity contribution >= 4 is 49.5 Å². The van der Waals surface area contributed by atoms with Crippen molar-refractivity contribution in [1.29, 1.82) is 0 Å². The van der Waals surface area contributed by atoms with Gasteiger partial charge in [0.05, 0.1) is 0 Å². The van der Waals surface area contributed by atoms with Crippen LogP contribution >= 0.6 is 23.2 Å². The number of rotatable bonds is 3. The van der Waals surface area contributed by atoms with E-state index >= 15 is 0 Å². The molecule has 0 saturated carbocycles. The van der Waals surface area contributed by atoms with E-state index in [1.54, 1.807) is 0 Å². The average Bonchev–Trinajstić information content (AvgIpc) is 1.79. The van der Waals surface area contributed by atoms with Gasteiger partial charge < -0.3 is 0 Å². The summed E-state index contributed by atoms with van der Waals surface area (Å²) >= 11 is 12.3. The number of allylic oxidation sites excluding steroid dienone is 2. The standard InChI is InChI=1S/C6H8Cl2Se2/c1-5(7)3-9-10-4-6(2)8/h3-4H,1-2H3. The van der Waals surface area contributed by atoms with Gasteiger partial charge in [-0.25, -0.2) is 0 Å². The monoisotopic (exact) mass is 310 g/mol. The molecular formula is C6H8Cl2Se2. The van der Waals surface area contributed by atoms with E-state index < -0.39 is 0 Å². The Balaban J connectivity index is 3.39. The van der Waals surface area contributed by atoms with Crippen LogP contribution in [0.1, 0.15) is 13.8 Å². The van der Waals surface area contributed by atoms with E-state index in [0.717, 1.165) is 10.1 Å². The third-order valence-electron chi connectivity index (χ3n) is 0.477. The normalized spacial score (nSPS) is 14.0. The summed E-state index contributed by atoms with van der Waals surface area (Å²) in [5.74, 6) is 0. The van der Waals surface area contributed by atoms with Gasteiger partial charge in [-0.3, -0.25) is 0 Å². The zero-order valence-corrected chi connectivity index (χ0v) is 10.7. The van der Waals surface area contributed by atoms with Crippen molar-refractivity contribution in [3.8, 4) is 0 Å². The van der Waals surface area contributed by atoms with Crippen molar-refractivity contribution in [2.24, 2.45) is 0 Å². The second-order valence-corrected chi connectivity index (χ2v) is 8.79. The Hall–Kier alpha value is 1.10. The Morgan fingerprint density at radius 2 is 1.30 bits per heavy atom. The minimum absolute atomic E-state index is 0.537. The van der Waals surface area contributed by atoms with Crippen molar-refractivity contribution < 1.29 is 0 Å². The Labute approximate surface area is 82.9 Å². The van der Waals surface area contributed by atoms with Gasteiger partial charge in [0, 0.05) is 0 Å². The van der Waals surface area contributed by atoms with Gasteiger partial charge in [0.15, 0.2) is 0 Å². The van der Waals surface area contributed by atoms with Crippen molar-refractivity contribution in [2.75, 3.05) is 0 Å². The molecule has 0 saturated heterocycles. The minimum atomic E-state index is 0.537. The Bertz CT molecular complexity index is 126. The Morgan fingerprint density at radius 1 is 1.00 bits per heavy atom. The molecule has 0 N–H and O–H groups in total. The van der Waals surface area contributed by atoms with Crippen LogP contribution in [0.25, 0.3) is 0 Å². The fourth-order valence-corrected chi connectivity index (χ4v) is 7.04. The first-order valence-corrected chi connectivity index (χ1v) is 9.66. The molecule has 0 rings (SSSR count). The van der Waals surface area contributed by atoms with Crippen LogP contribution in [0.15, 0.2) is 20.0 Å². The SMILES string of the molecule is CC(Cl)=C[Se][Se]C=C(C)Cl. The second kappa shape index (κ2) is 6.79. The quantitative estimate of drug-likeness (QED) is 0.555. The molecule has 0 unspecified atom stereocenters. The molecule has 0 fully saturated rings. The summed E-state index contributed by atoms with van der Waals surface area (Å²) in [4.78, 5) is 4.15. The van der Waals surface area contributed by atoms with Gasteiger partial charge in [-0.05, 0) is 0 Å². The van der Waals surface area contributed by atoms with E-state index in [1.807, 2.05) is 13.8 Å². The molecule has 0 spiro atoms. The average molecular weight is 309 g/mol. The van der Waals surface area contributed by atoms with Crippen molar-refractivity contribution in [2.45, 2.75) is 13.8 Å². The van der Waals surface area contributed by atoms with Crippen molar-refractivity contribution in [1.82, 2.24) is 0 Å². The van der Waals surface area contributed by atoms with E-state index in [4.69, 9.17) is 23.2 Å². The molecule has 0 aliphatic rings. The third kappa shape index (κ3) is 9.10. The molecule has 58 valence electrons. The van der Waals surface area contributed by atoms with E-state index in [-0.39, 0.29) is 0 Å². The first kappa shape index (κ1) is 11.1. The van der Waals surface area contributed by atoms with Crippen molar-refractivity contribution in [3.63, 3.8) is 0 Å². The number of halogens is 2. The van der Waals surface area contributed by atoms with Gasteiger partial charge in [-0.15, -0.1) is 0 Å².